The van der Waals surface area contributed by atoms with Crippen LogP contribution in [0, 0.1) is 11.7 Å². The van der Waals surface area contributed by atoms with Crippen molar-refractivity contribution >= 4 is 23.5 Å². The second-order valence-electron chi connectivity index (χ2n) is 10.9. The van der Waals surface area contributed by atoms with E-state index in [-0.39, 0.29) is 29.6 Å². The second-order valence-corrected chi connectivity index (χ2v) is 10.9. The Morgan fingerprint density at radius 1 is 0.976 bits per heavy atom. The Hall–Kier alpha value is -4.27. The van der Waals surface area contributed by atoms with Gasteiger partial charge in [-0.1, -0.05) is 43.2 Å². The van der Waals surface area contributed by atoms with Crippen molar-refractivity contribution in [3.63, 3.8) is 0 Å². The van der Waals surface area contributed by atoms with Gasteiger partial charge in [0.2, 0.25) is 11.8 Å². The first-order valence-corrected chi connectivity index (χ1v) is 14.3. The lowest BCUT2D eigenvalue weighted by Gasteiger charge is -2.32. The van der Waals surface area contributed by atoms with E-state index in [9.17, 15) is 18.8 Å². The number of nitrogens with zero attached hydrogens (tertiary/aromatic N) is 3. The first kappa shape index (κ1) is 28.3. The first-order chi connectivity index (χ1) is 19.9. The number of hydrogen-bond acceptors (Lipinski definition) is 4. The molecule has 9 heteroatoms. The molecule has 3 aromatic rings. The summed E-state index contributed by atoms with van der Waals surface area (Å²) >= 11 is 0. The summed E-state index contributed by atoms with van der Waals surface area (Å²) in [6, 6.07) is 16.5. The maximum Gasteiger partial charge on any atom is 0.324 e. The number of likely N-dealkylation sites (tertiary alicyclic amines) is 1. The van der Waals surface area contributed by atoms with E-state index in [2.05, 4.69) is 10.3 Å². The minimum Gasteiger partial charge on any atom is -0.368 e. The molecule has 4 amide bonds. The van der Waals surface area contributed by atoms with E-state index in [1.54, 1.807) is 35.4 Å². The third-order valence-electron chi connectivity index (χ3n) is 8.19. The highest BCUT2D eigenvalue weighted by Crippen LogP contribution is 2.38. The van der Waals surface area contributed by atoms with Gasteiger partial charge in [0.05, 0.1) is 6.54 Å². The van der Waals surface area contributed by atoms with Crippen LogP contribution in [0.2, 0.25) is 0 Å². The van der Waals surface area contributed by atoms with Crippen molar-refractivity contribution in [1.82, 2.24) is 15.2 Å². The van der Waals surface area contributed by atoms with Gasteiger partial charge < -0.3 is 16.0 Å². The highest BCUT2D eigenvalue weighted by molar-refractivity contribution is 5.92. The fraction of sp³-hybridized carbons (Fsp3) is 0.375. The molecule has 1 saturated carbocycles. The average Bonchev–Trinajstić information content (AvgIpc) is 3.55. The molecule has 214 valence electrons. The topological polar surface area (TPSA) is 109 Å². The molecule has 3 N–H and O–H groups in total. The number of benzene rings is 2. The van der Waals surface area contributed by atoms with Gasteiger partial charge in [0.15, 0.2) is 0 Å². The molecule has 1 aliphatic heterocycles. The summed E-state index contributed by atoms with van der Waals surface area (Å²) in [7, 11) is 0. The lowest BCUT2D eigenvalue weighted by atomic mass is 9.74. The molecule has 41 heavy (non-hydrogen) atoms. The summed E-state index contributed by atoms with van der Waals surface area (Å²) in [5.41, 5.74) is 8.81. The fourth-order valence-electron chi connectivity index (χ4n) is 5.98. The number of amides is 4. The molecule has 5 rings (SSSR count). The van der Waals surface area contributed by atoms with Crippen molar-refractivity contribution in [2.24, 2.45) is 11.7 Å². The molecular formula is C32H36FN5O3. The smallest absolute Gasteiger partial charge is 0.324 e. The van der Waals surface area contributed by atoms with Gasteiger partial charge in [-0.15, -0.1) is 0 Å². The highest BCUT2D eigenvalue weighted by atomic mass is 19.1. The molecule has 3 atom stereocenters. The summed E-state index contributed by atoms with van der Waals surface area (Å²) < 4.78 is 13.6. The number of pyridine rings is 1. The minimum atomic E-state index is -0.938. The largest absolute Gasteiger partial charge is 0.368 e. The molecule has 2 aliphatic rings. The number of nitrogens with one attached hydrogen (secondary N) is 1. The lowest BCUT2D eigenvalue weighted by Crippen LogP contribution is -2.42. The molecule has 1 aliphatic carbocycles. The van der Waals surface area contributed by atoms with Crippen LogP contribution in [0.4, 0.5) is 14.9 Å². The van der Waals surface area contributed by atoms with Crippen LogP contribution in [0.3, 0.4) is 0 Å². The monoisotopic (exact) mass is 557 g/mol. The van der Waals surface area contributed by atoms with Gasteiger partial charge in [-0.3, -0.25) is 19.5 Å². The molecule has 1 saturated heterocycles. The highest BCUT2D eigenvalue weighted by Gasteiger charge is 2.34. The van der Waals surface area contributed by atoms with Crippen molar-refractivity contribution in [3.05, 3.63) is 95.6 Å². The Morgan fingerprint density at radius 2 is 1.68 bits per heavy atom. The summed E-state index contributed by atoms with van der Waals surface area (Å²) in [4.78, 5) is 46.6. The summed E-state index contributed by atoms with van der Waals surface area (Å²) in [6.45, 7) is 1.79. The molecule has 2 unspecified atom stereocenters. The van der Waals surface area contributed by atoms with Gasteiger partial charge in [-0.2, -0.15) is 0 Å². The molecule has 2 aromatic carbocycles. The molecule has 0 radical (unpaired) electrons. The van der Waals surface area contributed by atoms with Crippen LogP contribution in [-0.2, 0) is 16.1 Å². The predicted molar refractivity (Wildman–Crippen MR) is 154 cm³/mol. The van der Waals surface area contributed by atoms with Crippen LogP contribution in [0.1, 0.15) is 67.2 Å². The van der Waals surface area contributed by atoms with Gasteiger partial charge in [0.25, 0.3) is 0 Å². The number of carbonyl (C=O) groups is 3. The molecule has 0 spiro atoms. The van der Waals surface area contributed by atoms with E-state index in [0.29, 0.717) is 17.8 Å². The predicted octanol–water partition coefficient (Wildman–Crippen LogP) is 5.06. The maximum atomic E-state index is 13.6. The van der Waals surface area contributed by atoms with Crippen LogP contribution in [0.15, 0.2) is 73.1 Å². The van der Waals surface area contributed by atoms with E-state index >= 15 is 0 Å². The summed E-state index contributed by atoms with van der Waals surface area (Å²) in [6.07, 6.45) is 8.64. The van der Waals surface area contributed by atoms with Gasteiger partial charge in [0.1, 0.15) is 11.9 Å². The zero-order chi connectivity index (χ0) is 28.8. The van der Waals surface area contributed by atoms with Crippen molar-refractivity contribution in [3.8, 4) is 0 Å². The molecule has 1 aromatic heterocycles. The Balaban J connectivity index is 1.32. The van der Waals surface area contributed by atoms with Gasteiger partial charge >= 0.3 is 6.03 Å². The van der Waals surface area contributed by atoms with E-state index < -0.39 is 11.9 Å². The fourth-order valence-corrected chi connectivity index (χ4v) is 5.98. The van der Waals surface area contributed by atoms with E-state index in [4.69, 9.17) is 5.73 Å². The van der Waals surface area contributed by atoms with Crippen LogP contribution in [0.25, 0.3) is 0 Å². The zero-order valence-electron chi connectivity index (χ0n) is 23.0. The van der Waals surface area contributed by atoms with Crippen LogP contribution in [0.5, 0.6) is 0 Å². The lowest BCUT2D eigenvalue weighted by molar-refractivity contribution is -0.131. The normalized spacial score (nSPS) is 19.4. The SMILES string of the molecule is NC(=O)C(NC(=O)[C@@H]1CCCCC1c1ccc(CN(C(=O)N2CCCC2)c2ccc(F)cc2)cc1)c1cccnc1. The molecule has 2 heterocycles. The quantitative estimate of drug-likeness (QED) is 0.404. The third-order valence-corrected chi connectivity index (χ3v) is 8.19. The number of rotatable bonds is 8. The van der Waals surface area contributed by atoms with Crippen LogP contribution in [-0.4, -0.2) is 40.8 Å². The number of urea groups is 1. The molecule has 8 nitrogen and oxygen atoms in total. The van der Waals surface area contributed by atoms with Crippen LogP contribution < -0.4 is 16.0 Å². The summed E-state index contributed by atoms with van der Waals surface area (Å²) in [5, 5.41) is 2.87. The Bertz CT molecular complexity index is 1340. The minimum absolute atomic E-state index is 0.000316. The number of primary amides is 1. The zero-order valence-corrected chi connectivity index (χ0v) is 23.0. The standard InChI is InChI=1S/C32H36FN5O3/c33-25-13-15-26(16-14-25)38(32(41)37-18-3-4-19-37)21-22-9-11-23(12-10-22)27-7-1-2-8-28(27)31(40)36-29(30(34)39)24-6-5-17-35-20-24/h5-6,9-17,20,27-29H,1-4,7-8,18-19,21H2,(H2,34,39)(H,36,40)/t27?,28-,29?/m1/s1. The number of carbonyl (C=O) groups excluding carboxylic acids is 3. The third kappa shape index (κ3) is 6.73. The number of anilines is 1. The summed E-state index contributed by atoms with van der Waals surface area (Å²) in [5.74, 6) is -1.46. The molecule has 0 bridgehead atoms. The van der Waals surface area contributed by atoms with Crippen molar-refractivity contribution in [1.29, 1.82) is 0 Å². The number of nitrogens with two attached hydrogens (primary N) is 1. The van der Waals surface area contributed by atoms with Crippen molar-refractivity contribution in [2.75, 3.05) is 18.0 Å². The van der Waals surface area contributed by atoms with Gasteiger partial charge in [0, 0.05) is 42.7 Å². The number of hydrogen-bond donors (Lipinski definition) is 2. The van der Waals surface area contributed by atoms with E-state index in [1.807, 2.05) is 29.2 Å². The Morgan fingerprint density at radius 3 is 2.34 bits per heavy atom. The molecular weight excluding hydrogens is 521 g/mol. The van der Waals surface area contributed by atoms with Crippen molar-refractivity contribution < 1.29 is 18.8 Å². The number of aromatic nitrogens is 1. The average molecular weight is 558 g/mol. The van der Waals surface area contributed by atoms with E-state index in [1.165, 1.54) is 18.3 Å². The van der Waals surface area contributed by atoms with Crippen molar-refractivity contribution in [2.45, 2.75) is 57.0 Å². The Kier molecular flexibility index (Phi) is 8.91. The Labute approximate surface area is 239 Å². The first-order valence-electron chi connectivity index (χ1n) is 14.3. The number of halogens is 1. The molecule has 2 fully saturated rings. The van der Waals surface area contributed by atoms with Gasteiger partial charge in [-0.25, -0.2) is 9.18 Å². The maximum absolute atomic E-state index is 13.6. The van der Waals surface area contributed by atoms with Crippen LogP contribution >= 0.6 is 0 Å². The van der Waals surface area contributed by atoms with Gasteiger partial charge in [-0.05, 0) is 73.1 Å². The second kappa shape index (κ2) is 12.9. The van der Waals surface area contributed by atoms with E-state index in [0.717, 1.165) is 62.7 Å².